The van der Waals surface area contributed by atoms with Gasteiger partial charge in [0.05, 0.1) is 12.2 Å². The summed E-state index contributed by atoms with van der Waals surface area (Å²) < 4.78 is 21.7. The summed E-state index contributed by atoms with van der Waals surface area (Å²) in [5.74, 6) is 1.28. The molecule has 226 valence electrons. The first-order valence-electron chi connectivity index (χ1n) is 15.7. The molecule has 0 spiro atoms. The molecule has 0 N–H and O–H groups in total. The number of ether oxygens (including phenoxy) is 3. The van der Waals surface area contributed by atoms with E-state index in [9.17, 15) is 0 Å². The van der Waals surface area contributed by atoms with Crippen LogP contribution in [0.3, 0.4) is 0 Å². The van der Waals surface area contributed by atoms with Crippen LogP contribution in [-0.4, -0.2) is 24.3 Å². The van der Waals surface area contributed by atoms with Gasteiger partial charge in [-0.25, -0.2) is 0 Å². The Bertz CT molecular complexity index is 765. The van der Waals surface area contributed by atoms with Crippen molar-refractivity contribution in [3.05, 3.63) is 0 Å². The van der Waals surface area contributed by atoms with Gasteiger partial charge >= 0.3 is 0 Å². The van der Waals surface area contributed by atoms with Crippen LogP contribution in [0.4, 0.5) is 0 Å². The second-order valence-corrected chi connectivity index (χ2v) is 19.2. The molecule has 2 aliphatic rings. The zero-order chi connectivity index (χ0) is 29.9. The Kier molecular flexibility index (Phi) is 9.81. The first-order valence-corrected chi connectivity index (χ1v) is 15.7. The van der Waals surface area contributed by atoms with E-state index in [2.05, 4.69) is 125 Å². The summed E-state index contributed by atoms with van der Waals surface area (Å²) in [6, 6.07) is 0. The first-order chi connectivity index (χ1) is 16.7. The van der Waals surface area contributed by atoms with Crippen LogP contribution in [0.1, 0.15) is 144 Å². The molecular formula is C35H68O3. The molecule has 0 bridgehead atoms. The summed E-state index contributed by atoms with van der Waals surface area (Å²) in [7, 11) is 0. The monoisotopic (exact) mass is 537 g/mol. The summed E-state index contributed by atoms with van der Waals surface area (Å²) in [5, 5.41) is 0. The zero-order valence-electron chi connectivity index (χ0n) is 29.0. The van der Waals surface area contributed by atoms with Crippen LogP contribution in [-0.2, 0) is 14.2 Å². The Morgan fingerprint density at radius 1 is 0.579 bits per heavy atom. The van der Waals surface area contributed by atoms with E-state index in [4.69, 9.17) is 14.2 Å². The number of rotatable bonds is 5. The van der Waals surface area contributed by atoms with Crippen LogP contribution >= 0.6 is 0 Å². The quantitative estimate of drug-likeness (QED) is 0.350. The lowest BCUT2D eigenvalue weighted by Crippen LogP contribution is -2.56. The molecular weight excluding hydrogens is 468 g/mol. The lowest BCUT2D eigenvalue weighted by molar-refractivity contribution is -0.365. The van der Waals surface area contributed by atoms with Gasteiger partial charge in [0, 0.05) is 18.3 Å². The van der Waals surface area contributed by atoms with Crippen molar-refractivity contribution in [2.75, 3.05) is 0 Å². The van der Waals surface area contributed by atoms with Gasteiger partial charge in [-0.3, -0.25) is 0 Å². The smallest absolute Gasteiger partial charge is 0.175 e. The molecule has 2 saturated heterocycles. The van der Waals surface area contributed by atoms with Crippen LogP contribution in [0.5, 0.6) is 0 Å². The van der Waals surface area contributed by atoms with E-state index in [0.29, 0.717) is 17.8 Å². The van der Waals surface area contributed by atoms with E-state index in [0.717, 1.165) is 19.3 Å². The third kappa shape index (κ3) is 8.45. The fourth-order valence-corrected chi connectivity index (χ4v) is 7.98. The SMILES string of the molecule is CC1C(OC2(CC(C)(C)C)OC(CC(C)(C)C)C(C(C)(C)C)C2C)OC(CC(C)(C)C)C(C(C)(C)C)C1C. The molecule has 0 saturated carbocycles. The van der Waals surface area contributed by atoms with E-state index in [-0.39, 0.29) is 57.4 Å². The van der Waals surface area contributed by atoms with Crippen molar-refractivity contribution in [3.8, 4) is 0 Å². The van der Waals surface area contributed by atoms with Gasteiger partial charge in [0.15, 0.2) is 12.1 Å². The van der Waals surface area contributed by atoms with Crippen molar-refractivity contribution in [3.63, 3.8) is 0 Å². The van der Waals surface area contributed by atoms with E-state index >= 15 is 0 Å². The molecule has 3 heteroatoms. The molecule has 2 fully saturated rings. The lowest BCUT2D eigenvalue weighted by atomic mass is 9.63. The molecule has 0 aromatic heterocycles. The summed E-state index contributed by atoms with van der Waals surface area (Å²) in [5.41, 5.74) is 0.733. The van der Waals surface area contributed by atoms with E-state index in [1.54, 1.807) is 0 Å². The summed E-state index contributed by atoms with van der Waals surface area (Å²) in [6.45, 7) is 42.5. The maximum atomic E-state index is 7.34. The van der Waals surface area contributed by atoms with Crippen molar-refractivity contribution in [1.82, 2.24) is 0 Å². The van der Waals surface area contributed by atoms with Crippen LogP contribution in [0.25, 0.3) is 0 Å². The Morgan fingerprint density at radius 3 is 1.42 bits per heavy atom. The summed E-state index contributed by atoms with van der Waals surface area (Å²) in [4.78, 5) is 0. The van der Waals surface area contributed by atoms with Crippen molar-refractivity contribution in [1.29, 1.82) is 0 Å². The molecule has 0 radical (unpaired) electrons. The average Bonchev–Trinajstić information content (AvgIpc) is 2.84. The van der Waals surface area contributed by atoms with E-state index < -0.39 is 5.79 Å². The fourth-order valence-electron chi connectivity index (χ4n) is 7.98. The van der Waals surface area contributed by atoms with Crippen LogP contribution in [0, 0.1) is 56.7 Å². The van der Waals surface area contributed by atoms with Gasteiger partial charge in [-0.1, -0.05) is 125 Å². The average molecular weight is 537 g/mol. The zero-order valence-corrected chi connectivity index (χ0v) is 29.0. The Hall–Kier alpha value is -0.120. The normalized spacial score (nSPS) is 38.1. The highest BCUT2D eigenvalue weighted by atomic mass is 16.8. The van der Waals surface area contributed by atoms with Crippen LogP contribution < -0.4 is 0 Å². The molecule has 9 atom stereocenters. The van der Waals surface area contributed by atoms with Crippen molar-refractivity contribution < 1.29 is 14.2 Å². The Morgan fingerprint density at radius 2 is 1.03 bits per heavy atom. The minimum atomic E-state index is -0.661. The number of hydrogen-bond donors (Lipinski definition) is 0. The highest BCUT2D eigenvalue weighted by Crippen LogP contribution is 2.57. The molecule has 0 aromatic carbocycles. The van der Waals surface area contributed by atoms with Crippen LogP contribution in [0.2, 0.25) is 0 Å². The largest absolute Gasteiger partial charge is 0.349 e. The molecule has 0 amide bonds. The number of hydrogen-bond acceptors (Lipinski definition) is 3. The highest BCUT2D eigenvalue weighted by molar-refractivity contribution is 5.02. The van der Waals surface area contributed by atoms with Crippen molar-refractivity contribution in [2.45, 2.75) is 168 Å². The van der Waals surface area contributed by atoms with Crippen molar-refractivity contribution in [2.24, 2.45) is 56.7 Å². The molecule has 2 aliphatic heterocycles. The maximum Gasteiger partial charge on any atom is 0.175 e. The molecule has 0 aliphatic carbocycles. The highest BCUT2D eigenvalue weighted by Gasteiger charge is 2.60. The topological polar surface area (TPSA) is 27.7 Å². The third-order valence-corrected chi connectivity index (χ3v) is 9.24. The molecule has 0 aromatic rings. The maximum absolute atomic E-state index is 7.34. The molecule has 3 nitrogen and oxygen atoms in total. The third-order valence-electron chi connectivity index (χ3n) is 9.24. The molecule has 2 heterocycles. The summed E-state index contributed by atoms with van der Waals surface area (Å²) >= 11 is 0. The van der Waals surface area contributed by atoms with Gasteiger partial charge in [0.25, 0.3) is 0 Å². The fraction of sp³-hybridized carbons (Fsp3) is 1.00. The standard InChI is InChI=1S/C35H68O3/c1-22-23(2)29(36-25(19-30(4,5)6)27(22)33(13,14)15)38-35(21-32(10,11)12)24(3)28(34(16,17)18)26(37-35)20-31(7,8)9/h22-29H,19-21H2,1-18H3. The predicted octanol–water partition coefficient (Wildman–Crippen LogP) is 10.4. The second kappa shape index (κ2) is 10.9. The van der Waals surface area contributed by atoms with Crippen LogP contribution in [0.15, 0.2) is 0 Å². The Balaban J connectivity index is 2.55. The van der Waals surface area contributed by atoms with E-state index in [1.165, 1.54) is 0 Å². The first kappa shape index (κ1) is 34.1. The molecule has 38 heavy (non-hydrogen) atoms. The van der Waals surface area contributed by atoms with Gasteiger partial charge in [0.2, 0.25) is 0 Å². The van der Waals surface area contributed by atoms with Gasteiger partial charge in [-0.05, 0) is 57.7 Å². The molecule has 9 unspecified atom stereocenters. The second-order valence-electron chi connectivity index (χ2n) is 19.2. The molecule has 2 rings (SSSR count). The Labute approximate surface area is 238 Å². The van der Waals surface area contributed by atoms with Gasteiger partial charge in [-0.15, -0.1) is 0 Å². The predicted molar refractivity (Wildman–Crippen MR) is 163 cm³/mol. The van der Waals surface area contributed by atoms with E-state index in [1.807, 2.05) is 0 Å². The lowest BCUT2D eigenvalue weighted by Gasteiger charge is -2.53. The van der Waals surface area contributed by atoms with Gasteiger partial charge in [0.1, 0.15) is 0 Å². The minimum absolute atomic E-state index is 0.0651. The summed E-state index contributed by atoms with van der Waals surface area (Å²) in [6.07, 6.45) is 2.99. The van der Waals surface area contributed by atoms with Crippen molar-refractivity contribution >= 4 is 0 Å². The minimum Gasteiger partial charge on any atom is -0.349 e. The van der Waals surface area contributed by atoms with Gasteiger partial charge < -0.3 is 14.2 Å². The van der Waals surface area contributed by atoms with Gasteiger partial charge in [-0.2, -0.15) is 0 Å².